The van der Waals surface area contributed by atoms with E-state index in [2.05, 4.69) is 95.6 Å². The summed E-state index contributed by atoms with van der Waals surface area (Å²) in [6.07, 6.45) is 3.87. The highest BCUT2D eigenvalue weighted by Crippen LogP contribution is 2.36. The normalized spacial score (nSPS) is 11.7. The fraction of sp³-hybridized carbons (Fsp3) is 0. The summed E-state index contributed by atoms with van der Waals surface area (Å²) in [5.41, 5.74) is 6.96. The van der Waals surface area contributed by atoms with Crippen LogP contribution in [-0.2, 0) is 0 Å². The molecule has 0 fully saturated rings. The molecule has 9 rings (SSSR count). The second-order valence-electron chi connectivity index (χ2n) is 10.7. The molecule has 0 aliphatic carbocycles. The quantitative estimate of drug-likeness (QED) is 0.206. The van der Waals surface area contributed by atoms with E-state index in [1.165, 1.54) is 21.8 Å². The fourth-order valence-corrected chi connectivity index (χ4v) is 6.32. The molecule has 0 bridgehead atoms. The van der Waals surface area contributed by atoms with Gasteiger partial charge in [0.1, 0.15) is 11.0 Å². The van der Waals surface area contributed by atoms with Crippen LogP contribution in [0.4, 0.5) is 0 Å². The van der Waals surface area contributed by atoms with Crippen LogP contribution >= 0.6 is 0 Å². The minimum atomic E-state index is 0.659. The third kappa shape index (κ3) is 3.65. The second kappa shape index (κ2) is 9.29. The van der Waals surface area contributed by atoms with E-state index in [-0.39, 0.29) is 0 Å². The van der Waals surface area contributed by atoms with Crippen LogP contribution in [0.1, 0.15) is 0 Å². The summed E-state index contributed by atoms with van der Waals surface area (Å²) in [7, 11) is 0. The number of rotatable bonds is 3. The van der Waals surface area contributed by atoms with Crippen molar-refractivity contribution in [3.8, 4) is 28.5 Å². The number of hydrogen-bond donors (Lipinski definition) is 0. The van der Waals surface area contributed by atoms with Crippen molar-refractivity contribution in [2.24, 2.45) is 0 Å². The Bertz CT molecular complexity index is 2460. The maximum Gasteiger partial charge on any atom is 0.159 e. The summed E-state index contributed by atoms with van der Waals surface area (Å²) in [4.78, 5) is 19.9. The summed E-state index contributed by atoms with van der Waals surface area (Å²) in [6.45, 7) is 0. The smallest absolute Gasteiger partial charge is 0.159 e. The minimum absolute atomic E-state index is 0.659. The Hall–Kier alpha value is -5.94. The topological polar surface area (TPSA) is 56.5 Å². The van der Waals surface area contributed by atoms with Crippen molar-refractivity contribution >= 4 is 54.4 Å². The van der Waals surface area contributed by atoms with E-state index in [9.17, 15) is 0 Å². The zero-order valence-electron chi connectivity index (χ0n) is 23.0. The molecule has 43 heavy (non-hydrogen) atoms. The molecule has 0 amide bonds. The van der Waals surface area contributed by atoms with Gasteiger partial charge in [0.15, 0.2) is 11.6 Å². The average Bonchev–Trinajstić information content (AvgIpc) is 3.43. The van der Waals surface area contributed by atoms with Gasteiger partial charge in [-0.05, 0) is 35.0 Å². The van der Waals surface area contributed by atoms with Gasteiger partial charge in [-0.15, -0.1) is 0 Å². The molecule has 0 N–H and O–H groups in total. The molecule has 0 radical (unpaired) electrons. The Morgan fingerprint density at radius 1 is 0.395 bits per heavy atom. The van der Waals surface area contributed by atoms with Crippen molar-refractivity contribution in [3.63, 3.8) is 0 Å². The molecule has 0 atom stereocenters. The summed E-state index contributed by atoms with van der Waals surface area (Å²) >= 11 is 0. The number of hydrogen-bond acceptors (Lipinski definition) is 4. The Morgan fingerprint density at radius 2 is 0.884 bits per heavy atom. The van der Waals surface area contributed by atoms with Gasteiger partial charge >= 0.3 is 0 Å². The molecule has 0 aliphatic heterocycles. The molecule has 200 valence electrons. The Labute approximate surface area is 246 Å². The lowest BCUT2D eigenvalue weighted by atomic mass is 10.0. The first-order valence-electron chi connectivity index (χ1n) is 14.3. The van der Waals surface area contributed by atoms with E-state index in [1.54, 1.807) is 0 Å². The number of benzene rings is 6. The van der Waals surface area contributed by atoms with Gasteiger partial charge < -0.3 is 4.57 Å². The van der Waals surface area contributed by atoms with Crippen molar-refractivity contribution in [1.82, 2.24) is 24.5 Å². The van der Waals surface area contributed by atoms with Crippen LogP contribution in [0.5, 0.6) is 0 Å². The molecule has 5 nitrogen and oxygen atoms in total. The largest absolute Gasteiger partial charge is 0.309 e. The highest BCUT2D eigenvalue weighted by atomic mass is 15.0. The van der Waals surface area contributed by atoms with Gasteiger partial charge in [-0.2, -0.15) is 0 Å². The van der Waals surface area contributed by atoms with Crippen LogP contribution in [0, 0.1) is 0 Å². The zero-order chi connectivity index (χ0) is 28.3. The van der Waals surface area contributed by atoms with Crippen LogP contribution in [0.3, 0.4) is 0 Å². The molecule has 0 aliphatic rings. The van der Waals surface area contributed by atoms with Gasteiger partial charge in [0.05, 0.1) is 11.0 Å². The van der Waals surface area contributed by atoms with E-state index in [1.807, 2.05) is 48.8 Å². The van der Waals surface area contributed by atoms with Gasteiger partial charge in [-0.25, -0.2) is 19.9 Å². The van der Waals surface area contributed by atoms with Gasteiger partial charge in [0.2, 0.25) is 0 Å². The van der Waals surface area contributed by atoms with Crippen molar-refractivity contribution in [2.75, 3.05) is 0 Å². The molecular formula is C38H23N5. The van der Waals surface area contributed by atoms with Crippen LogP contribution < -0.4 is 0 Å². The number of nitrogens with zero attached hydrogens (tertiary/aromatic N) is 5. The first kappa shape index (κ1) is 23.7. The molecule has 0 saturated heterocycles. The van der Waals surface area contributed by atoms with Crippen molar-refractivity contribution in [3.05, 3.63) is 140 Å². The lowest BCUT2D eigenvalue weighted by Crippen LogP contribution is -1.98. The van der Waals surface area contributed by atoms with Gasteiger partial charge in [0.25, 0.3) is 0 Å². The van der Waals surface area contributed by atoms with Gasteiger partial charge in [-0.3, -0.25) is 0 Å². The Morgan fingerprint density at radius 3 is 1.49 bits per heavy atom. The predicted octanol–water partition coefficient (Wildman–Crippen LogP) is 9.16. The lowest BCUT2D eigenvalue weighted by molar-refractivity contribution is 1.17. The maximum atomic E-state index is 5.19. The molecule has 3 heterocycles. The van der Waals surface area contributed by atoms with E-state index in [4.69, 9.17) is 19.9 Å². The molecule has 6 aromatic carbocycles. The molecule has 0 spiro atoms. The minimum Gasteiger partial charge on any atom is -0.309 e. The van der Waals surface area contributed by atoms with E-state index in [0.717, 1.165) is 49.4 Å². The fourth-order valence-electron chi connectivity index (χ4n) is 6.32. The SMILES string of the molecule is c1ccc(-c2ncc3c4ccccc4c4cnc(-c5cccc(-n6c7ccccc7c7ccccc76)c5)nc4c3n2)cc1. The summed E-state index contributed by atoms with van der Waals surface area (Å²) < 4.78 is 2.32. The highest BCUT2D eigenvalue weighted by Gasteiger charge is 2.16. The van der Waals surface area contributed by atoms with E-state index < -0.39 is 0 Å². The lowest BCUT2D eigenvalue weighted by Gasteiger charge is -2.12. The van der Waals surface area contributed by atoms with Crippen molar-refractivity contribution < 1.29 is 0 Å². The molecule has 5 heteroatoms. The second-order valence-corrected chi connectivity index (χ2v) is 10.7. The van der Waals surface area contributed by atoms with Gasteiger partial charge in [-0.1, -0.05) is 103 Å². The predicted molar refractivity (Wildman–Crippen MR) is 175 cm³/mol. The van der Waals surface area contributed by atoms with E-state index >= 15 is 0 Å². The monoisotopic (exact) mass is 549 g/mol. The number of para-hydroxylation sites is 2. The first-order valence-corrected chi connectivity index (χ1v) is 14.3. The van der Waals surface area contributed by atoms with Gasteiger partial charge in [0, 0.05) is 50.8 Å². The zero-order valence-corrected chi connectivity index (χ0v) is 23.0. The molecule has 0 unspecified atom stereocenters. The Kier molecular flexibility index (Phi) is 5.13. The third-order valence-electron chi connectivity index (χ3n) is 8.28. The Balaban J connectivity index is 1.28. The molecule has 3 aromatic heterocycles. The molecule has 9 aromatic rings. The van der Waals surface area contributed by atoms with Crippen molar-refractivity contribution in [1.29, 1.82) is 0 Å². The molecular weight excluding hydrogens is 526 g/mol. The highest BCUT2D eigenvalue weighted by molar-refractivity contribution is 6.23. The maximum absolute atomic E-state index is 5.19. The summed E-state index contributed by atoms with van der Waals surface area (Å²) in [5, 5.41) is 6.60. The first-order chi connectivity index (χ1) is 21.3. The standard InChI is InChI=1S/C38H23N5/c1-2-11-24(12-3-1)37-39-22-31-27-15-4-5-16-28(27)32-23-40-38(42-36(32)35(31)41-37)25-13-10-14-26(21-25)43-33-19-8-6-17-29(33)30-18-7-9-20-34(30)43/h1-23H. The van der Waals surface area contributed by atoms with Crippen LogP contribution in [0.15, 0.2) is 140 Å². The number of fused-ring (bicyclic) bond motifs is 9. The van der Waals surface area contributed by atoms with Crippen LogP contribution in [0.25, 0.3) is 82.8 Å². The van der Waals surface area contributed by atoms with E-state index in [0.29, 0.717) is 11.6 Å². The molecule has 0 saturated carbocycles. The average molecular weight is 550 g/mol. The number of aromatic nitrogens is 5. The van der Waals surface area contributed by atoms with Crippen molar-refractivity contribution in [2.45, 2.75) is 0 Å². The summed E-state index contributed by atoms with van der Waals surface area (Å²) in [5.74, 6) is 1.34. The third-order valence-corrected chi connectivity index (χ3v) is 8.28. The van der Waals surface area contributed by atoms with Crippen LogP contribution in [-0.4, -0.2) is 24.5 Å². The summed E-state index contributed by atoms with van der Waals surface area (Å²) in [6, 6.07) is 44.0. The van der Waals surface area contributed by atoms with Crippen LogP contribution in [0.2, 0.25) is 0 Å².